The van der Waals surface area contributed by atoms with Crippen LogP contribution in [0.15, 0.2) is 48.5 Å². The van der Waals surface area contributed by atoms with Crippen LogP contribution in [0, 0.1) is 16.7 Å². The summed E-state index contributed by atoms with van der Waals surface area (Å²) in [4.78, 5) is 25.0. The van der Waals surface area contributed by atoms with E-state index in [1.807, 2.05) is 6.07 Å². The molecule has 0 heterocycles. The van der Waals surface area contributed by atoms with Crippen molar-refractivity contribution in [2.45, 2.75) is 20.0 Å². The molecule has 5 nitrogen and oxygen atoms in total. The number of benzene rings is 2. The molecule has 0 aromatic heterocycles. The van der Waals surface area contributed by atoms with E-state index in [-0.39, 0.29) is 11.3 Å². The Morgan fingerprint density at radius 3 is 1.93 bits per heavy atom. The Balaban J connectivity index is 2.23. The van der Waals surface area contributed by atoms with Crippen LogP contribution in [-0.2, 0) is 15.8 Å². The van der Waals surface area contributed by atoms with Crippen LogP contribution >= 0.6 is 0 Å². The SMILES string of the molecule is CC(C)(C(=O)Nc1ccccc1C#N)C(=O)Nc1ccccc1C(F)(F)F. The molecule has 0 atom stereocenters. The van der Waals surface area contributed by atoms with E-state index in [0.29, 0.717) is 0 Å². The molecular formula is C19H16F3N3O2. The highest BCUT2D eigenvalue weighted by Crippen LogP contribution is 2.35. The summed E-state index contributed by atoms with van der Waals surface area (Å²) in [5, 5.41) is 13.7. The molecule has 2 amide bonds. The van der Waals surface area contributed by atoms with Gasteiger partial charge in [-0.3, -0.25) is 9.59 Å². The summed E-state index contributed by atoms with van der Waals surface area (Å²) in [6.45, 7) is 2.56. The van der Waals surface area contributed by atoms with Gasteiger partial charge in [-0.15, -0.1) is 0 Å². The van der Waals surface area contributed by atoms with Crippen LogP contribution in [0.2, 0.25) is 0 Å². The molecule has 2 aromatic rings. The topological polar surface area (TPSA) is 82.0 Å². The molecule has 0 spiro atoms. The van der Waals surface area contributed by atoms with Crippen molar-refractivity contribution < 1.29 is 22.8 Å². The van der Waals surface area contributed by atoms with E-state index >= 15 is 0 Å². The number of anilines is 2. The normalized spacial score (nSPS) is 11.4. The molecule has 0 saturated carbocycles. The molecule has 0 unspecified atom stereocenters. The Morgan fingerprint density at radius 2 is 1.37 bits per heavy atom. The molecule has 2 N–H and O–H groups in total. The van der Waals surface area contributed by atoms with E-state index in [9.17, 15) is 22.8 Å². The van der Waals surface area contributed by atoms with Crippen LogP contribution < -0.4 is 10.6 Å². The van der Waals surface area contributed by atoms with Crippen LogP contribution in [0.4, 0.5) is 24.5 Å². The standard InChI is InChI=1S/C19H16F3N3O2/c1-18(2,16(26)24-14-9-5-3-7-12(14)11-23)17(27)25-15-10-6-4-8-13(15)19(20,21)22/h3-10H,1-2H3,(H,24,26)(H,25,27). The molecule has 0 aliphatic heterocycles. The molecule has 2 rings (SSSR count). The van der Waals surface area contributed by atoms with Gasteiger partial charge >= 0.3 is 6.18 Å². The van der Waals surface area contributed by atoms with Crippen molar-refractivity contribution >= 4 is 23.2 Å². The Kier molecular flexibility index (Phi) is 5.55. The molecule has 0 aliphatic rings. The van der Waals surface area contributed by atoms with Gasteiger partial charge in [-0.2, -0.15) is 18.4 Å². The van der Waals surface area contributed by atoms with Crippen molar-refractivity contribution in [1.29, 1.82) is 5.26 Å². The Bertz CT molecular complexity index is 915. The Hall–Kier alpha value is -3.34. The molecule has 140 valence electrons. The fraction of sp³-hybridized carbons (Fsp3) is 0.211. The zero-order valence-corrected chi connectivity index (χ0v) is 14.5. The van der Waals surface area contributed by atoms with Gasteiger partial charge in [0, 0.05) is 0 Å². The molecule has 0 radical (unpaired) electrons. The number of alkyl halides is 3. The molecule has 0 bridgehead atoms. The first kappa shape index (κ1) is 20.0. The predicted octanol–water partition coefficient (Wildman–Crippen LogP) is 4.18. The summed E-state index contributed by atoms with van der Waals surface area (Å²) in [5.74, 6) is -1.67. The molecule has 8 heteroatoms. The number of carbonyl (C=O) groups excluding carboxylic acids is 2. The summed E-state index contributed by atoms with van der Waals surface area (Å²) in [6, 6.07) is 12.6. The van der Waals surface area contributed by atoms with Crippen molar-refractivity contribution in [2.24, 2.45) is 5.41 Å². The summed E-state index contributed by atoms with van der Waals surface area (Å²) >= 11 is 0. The summed E-state index contributed by atoms with van der Waals surface area (Å²) in [7, 11) is 0. The number of nitriles is 1. The maximum Gasteiger partial charge on any atom is 0.418 e. The largest absolute Gasteiger partial charge is 0.418 e. The number of hydrogen-bond acceptors (Lipinski definition) is 3. The van der Waals surface area contributed by atoms with Gasteiger partial charge in [0.05, 0.1) is 22.5 Å². The van der Waals surface area contributed by atoms with E-state index in [1.165, 1.54) is 38.1 Å². The van der Waals surface area contributed by atoms with Gasteiger partial charge in [-0.05, 0) is 38.1 Å². The third-order valence-electron chi connectivity index (χ3n) is 3.91. The van der Waals surface area contributed by atoms with Crippen molar-refractivity contribution in [3.63, 3.8) is 0 Å². The fourth-order valence-corrected chi connectivity index (χ4v) is 2.19. The first-order valence-electron chi connectivity index (χ1n) is 7.85. The number of hydrogen-bond donors (Lipinski definition) is 2. The number of para-hydroxylation sites is 2. The Morgan fingerprint density at radius 1 is 0.889 bits per heavy atom. The van der Waals surface area contributed by atoms with Crippen LogP contribution in [0.1, 0.15) is 25.0 Å². The van der Waals surface area contributed by atoms with Gasteiger partial charge in [0.15, 0.2) is 0 Å². The lowest BCUT2D eigenvalue weighted by atomic mass is 9.90. The molecule has 0 saturated heterocycles. The third-order valence-corrected chi connectivity index (χ3v) is 3.91. The Labute approximate surface area is 153 Å². The number of carbonyl (C=O) groups is 2. The number of rotatable bonds is 4. The average Bonchev–Trinajstić information content (AvgIpc) is 2.61. The third kappa shape index (κ3) is 4.44. The lowest BCUT2D eigenvalue weighted by Crippen LogP contribution is -2.42. The van der Waals surface area contributed by atoms with Crippen molar-refractivity contribution in [2.75, 3.05) is 10.6 Å². The average molecular weight is 375 g/mol. The van der Waals surface area contributed by atoms with Gasteiger partial charge in [-0.25, -0.2) is 0 Å². The van der Waals surface area contributed by atoms with Gasteiger partial charge < -0.3 is 10.6 Å². The zero-order chi connectivity index (χ0) is 20.2. The number of nitrogens with zero attached hydrogens (tertiary/aromatic N) is 1. The van der Waals surface area contributed by atoms with Gasteiger partial charge in [0.2, 0.25) is 11.8 Å². The van der Waals surface area contributed by atoms with Crippen LogP contribution in [0.5, 0.6) is 0 Å². The van der Waals surface area contributed by atoms with Crippen LogP contribution in [0.3, 0.4) is 0 Å². The summed E-state index contributed by atoms with van der Waals surface area (Å²) in [6.07, 6.45) is -4.65. The number of nitrogens with one attached hydrogen (secondary N) is 2. The molecule has 27 heavy (non-hydrogen) atoms. The highest BCUT2D eigenvalue weighted by atomic mass is 19.4. The van der Waals surface area contributed by atoms with E-state index < -0.39 is 34.7 Å². The van der Waals surface area contributed by atoms with Crippen molar-refractivity contribution in [3.8, 4) is 6.07 Å². The maximum atomic E-state index is 13.1. The minimum Gasteiger partial charge on any atom is -0.325 e. The van der Waals surface area contributed by atoms with Crippen molar-refractivity contribution in [1.82, 2.24) is 0 Å². The van der Waals surface area contributed by atoms with Gasteiger partial charge in [0.25, 0.3) is 0 Å². The van der Waals surface area contributed by atoms with Crippen LogP contribution in [0.25, 0.3) is 0 Å². The summed E-state index contributed by atoms with van der Waals surface area (Å²) in [5.41, 5.74) is -2.73. The predicted molar refractivity (Wildman–Crippen MR) is 93.6 cm³/mol. The number of amides is 2. The molecular weight excluding hydrogens is 359 g/mol. The second-order valence-electron chi connectivity index (χ2n) is 6.23. The maximum absolute atomic E-state index is 13.1. The fourth-order valence-electron chi connectivity index (χ4n) is 2.19. The summed E-state index contributed by atoms with van der Waals surface area (Å²) < 4.78 is 39.2. The minimum atomic E-state index is -4.65. The minimum absolute atomic E-state index is 0.199. The van der Waals surface area contributed by atoms with Gasteiger partial charge in [0.1, 0.15) is 11.5 Å². The highest BCUT2D eigenvalue weighted by molar-refractivity contribution is 6.14. The lowest BCUT2D eigenvalue weighted by molar-refractivity contribution is -0.137. The van der Waals surface area contributed by atoms with Gasteiger partial charge in [-0.1, -0.05) is 24.3 Å². The van der Waals surface area contributed by atoms with E-state index in [1.54, 1.807) is 12.1 Å². The molecule has 2 aromatic carbocycles. The quantitative estimate of drug-likeness (QED) is 0.787. The van der Waals surface area contributed by atoms with Crippen molar-refractivity contribution in [3.05, 3.63) is 59.7 Å². The second kappa shape index (κ2) is 7.50. The van der Waals surface area contributed by atoms with E-state index in [2.05, 4.69) is 10.6 Å². The van der Waals surface area contributed by atoms with E-state index in [4.69, 9.17) is 5.26 Å². The number of halogens is 3. The first-order valence-corrected chi connectivity index (χ1v) is 7.85. The van der Waals surface area contributed by atoms with Crippen LogP contribution in [-0.4, -0.2) is 11.8 Å². The van der Waals surface area contributed by atoms with E-state index in [0.717, 1.165) is 12.1 Å². The smallest absolute Gasteiger partial charge is 0.325 e. The monoisotopic (exact) mass is 375 g/mol. The highest BCUT2D eigenvalue weighted by Gasteiger charge is 2.39. The zero-order valence-electron chi connectivity index (χ0n) is 14.5. The first-order chi connectivity index (χ1) is 12.6. The molecule has 0 aliphatic carbocycles. The lowest BCUT2D eigenvalue weighted by Gasteiger charge is -2.24. The second-order valence-corrected chi connectivity index (χ2v) is 6.23. The molecule has 0 fully saturated rings.